The van der Waals surface area contributed by atoms with Gasteiger partial charge < -0.3 is 11.1 Å². The number of hydrogen-bond donors (Lipinski definition) is 2. The molecule has 1 rings (SSSR count). The summed E-state index contributed by atoms with van der Waals surface area (Å²) in [4.78, 5) is 5.66. The highest BCUT2D eigenvalue weighted by Gasteiger charge is 2.01. The highest BCUT2D eigenvalue weighted by molar-refractivity contribution is 7.10. The fourth-order valence-corrected chi connectivity index (χ4v) is 2.24. The van der Waals surface area contributed by atoms with Crippen LogP contribution in [0.4, 0.5) is 0 Å². The summed E-state index contributed by atoms with van der Waals surface area (Å²) in [6, 6.07) is 2.16. The number of thiophene rings is 1. The maximum absolute atomic E-state index is 5.77. The van der Waals surface area contributed by atoms with Gasteiger partial charge in [0.25, 0.3) is 0 Å². The molecule has 0 radical (unpaired) electrons. The molecule has 0 spiro atoms. The van der Waals surface area contributed by atoms with E-state index in [0.29, 0.717) is 18.4 Å². The van der Waals surface area contributed by atoms with Crippen LogP contribution in [0.2, 0.25) is 0 Å². The molecule has 1 aromatic rings. The Kier molecular flexibility index (Phi) is 5.32. The summed E-state index contributed by atoms with van der Waals surface area (Å²) >= 11 is 1.75. The van der Waals surface area contributed by atoms with Crippen LogP contribution in [0.1, 0.15) is 31.2 Å². The second-order valence-corrected chi connectivity index (χ2v) is 5.20. The molecule has 3 nitrogen and oxygen atoms in total. The van der Waals surface area contributed by atoms with Crippen LogP contribution < -0.4 is 11.1 Å². The Balaban J connectivity index is 2.46. The number of aryl methyl sites for hydroxylation is 1. The van der Waals surface area contributed by atoms with Crippen LogP contribution in [0, 0.1) is 5.92 Å². The minimum Gasteiger partial charge on any atom is -0.370 e. The molecule has 0 aromatic carbocycles. The summed E-state index contributed by atoms with van der Waals surface area (Å²) in [5.41, 5.74) is 7.15. The second-order valence-electron chi connectivity index (χ2n) is 4.20. The van der Waals surface area contributed by atoms with E-state index in [2.05, 4.69) is 42.5 Å². The van der Waals surface area contributed by atoms with E-state index in [0.717, 1.165) is 13.0 Å². The Bertz CT molecular complexity index is 342. The van der Waals surface area contributed by atoms with Gasteiger partial charge in [-0.1, -0.05) is 20.8 Å². The smallest absolute Gasteiger partial charge is 0.188 e. The summed E-state index contributed by atoms with van der Waals surface area (Å²) in [5, 5.41) is 5.23. The van der Waals surface area contributed by atoms with Crippen molar-refractivity contribution in [1.82, 2.24) is 5.32 Å². The molecule has 0 saturated carbocycles. The first kappa shape index (κ1) is 13.0. The quantitative estimate of drug-likeness (QED) is 0.612. The van der Waals surface area contributed by atoms with Gasteiger partial charge in [-0.3, -0.25) is 0 Å². The van der Waals surface area contributed by atoms with Gasteiger partial charge in [0.05, 0.1) is 6.54 Å². The molecule has 0 fully saturated rings. The van der Waals surface area contributed by atoms with Gasteiger partial charge in [-0.2, -0.15) is 0 Å². The number of nitrogens with zero attached hydrogens (tertiary/aromatic N) is 1. The maximum atomic E-state index is 5.77. The zero-order valence-electron chi connectivity index (χ0n) is 10.3. The first-order valence-corrected chi connectivity index (χ1v) is 6.60. The Morgan fingerprint density at radius 1 is 1.56 bits per heavy atom. The van der Waals surface area contributed by atoms with Crippen LogP contribution >= 0.6 is 11.3 Å². The highest BCUT2D eigenvalue weighted by atomic mass is 32.1. The van der Waals surface area contributed by atoms with Gasteiger partial charge in [0, 0.05) is 11.4 Å². The molecule has 0 atom stereocenters. The third-order valence-electron chi connectivity index (χ3n) is 2.30. The van der Waals surface area contributed by atoms with Crippen molar-refractivity contribution >= 4 is 17.3 Å². The Morgan fingerprint density at radius 2 is 2.31 bits per heavy atom. The molecule has 4 heteroatoms. The van der Waals surface area contributed by atoms with Crippen molar-refractivity contribution in [3.05, 3.63) is 21.9 Å². The second kappa shape index (κ2) is 6.53. The van der Waals surface area contributed by atoms with E-state index in [1.807, 2.05) is 0 Å². The lowest BCUT2D eigenvalue weighted by molar-refractivity contribution is 0.622. The van der Waals surface area contributed by atoms with Crippen LogP contribution in [0.25, 0.3) is 0 Å². The largest absolute Gasteiger partial charge is 0.370 e. The van der Waals surface area contributed by atoms with E-state index in [4.69, 9.17) is 5.73 Å². The lowest BCUT2D eigenvalue weighted by Crippen LogP contribution is -2.34. The van der Waals surface area contributed by atoms with Crippen LogP contribution in [0.5, 0.6) is 0 Å². The zero-order valence-corrected chi connectivity index (χ0v) is 11.1. The van der Waals surface area contributed by atoms with E-state index < -0.39 is 0 Å². The third kappa shape index (κ3) is 4.23. The number of rotatable bonds is 5. The average Bonchev–Trinajstić information content (AvgIpc) is 2.70. The molecule has 16 heavy (non-hydrogen) atoms. The van der Waals surface area contributed by atoms with Crippen molar-refractivity contribution in [2.24, 2.45) is 16.6 Å². The minimum absolute atomic E-state index is 0.546. The van der Waals surface area contributed by atoms with E-state index in [9.17, 15) is 0 Å². The number of hydrogen-bond acceptors (Lipinski definition) is 2. The van der Waals surface area contributed by atoms with E-state index in [1.165, 1.54) is 10.4 Å². The molecule has 0 amide bonds. The van der Waals surface area contributed by atoms with E-state index >= 15 is 0 Å². The van der Waals surface area contributed by atoms with Crippen LogP contribution in [-0.4, -0.2) is 12.5 Å². The first-order chi connectivity index (χ1) is 7.63. The summed E-state index contributed by atoms with van der Waals surface area (Å²) in [6.45, 7) is 8.03. The van der Waals surface area contributed by atoms with Crippen LogP contribution in [0.3, 0.4) is 0 Å². The van der Waals surface area contributed by atoms with Crippen LogP contribution in [0.15, 0.2) is 16.4 Å². The highest BCUT2D eigenvalue weighted by Crippen LogP contribution is 2.17. The fraction of sp³-hybridized carbons (Fsp3) is 0.583. The Hall–Kier alpha value is -1.03. The number of guanidine groups is 1. The zero-order chi connectivity index (χ0) is 12.0. The van der Waals surface area contributed by atoms with Gasteiger partial charge in [0.15, 0.2) is 5.96 Å². The normalized spacial score (nSPS) is 12.1. The van der Waals surface area contributed by atoms with Crippen molar-refractivity contribution < 1.29 is 0 Å². The molecule has 0 aliphatic carbocycles. The number of nitrogens with one attached hydrogen (secondary N) is 1. The first-order valence-electron chi connectivity index (χ1n) is 5.72. The minimum atomic E-state index is 0.546. The van der Waals surface area contributed by atoms with Gasteiger partial charge in [-0.25, -0.2) is 4.99 Å². The third-order valence-corrected chi connectivity index (χ3v) is 3.25. The van der Waals surface area contributed by atoms with E-state index in [-0.39, 0.29) is 0 Å². The summed E-state index contributed by atoms with van der Waals surface area (Å²) in [6.07, 6.45) is 1.06. The molecule has 1 heterocycles. The van der Waals surface area contributed by atoms with Crippen molar-refractivity contribution in [3.63, 3.8) is 0 Å². The summed E-state index contributed by atoms with van der Waals surface area (Å²) < 4.78 is 0. The standard InChI is InChI=1S/C12H21N3S/c1-4-10-5-6-16-11(10)8-15-12(13)14-7-9(2)3/h5-6,9H,4,7-8H2,1-3H3,(H3,13,14,15). The average molecular weight is 239 g/mol. The predicted molar refractivity (Wildman–Crippen MR) is 71.9 cm³/mol. The SMILES string of the molecule is CCc1ccsc1CN=C(N)NCC(C)C. The van der Waals surface area contributed by atoms with Crippen molar-refractivity contribution in [3.8, 4) is 0 Å². The van der Waals surface area contributed by atoms with Crippen LogP contribution in [-0.2, 0) is 13.0 Å². The van der Waals surface area contributed by atoms with Crippen molar-refractivity contribution in [1.29, 1.82) is 0 Å². The van der Waals surface area contributed by atoms with Gasteiger partial charge in [-0.05, 0) is 29.3 Å². The molecule has 0 unspecified atom stereocenters. The van der Waals surface area contributed by atoms with Crippen molar-refractivity contribution in [2.75, 3.05) is 6.54 Å². The molecule has 0 bridgehead atoms. The summed E-state index contributed by atoms with van der Waals surface area (Å²) in [7, 11) is 0. The molecule has 3 N–H and O–H groups in total. The molecular formula is C12H21N3S. The topological polar surface area (TPSA) is 50.4 Å². The van der Waals surface area contributed by atoms with Gasteiger partial charge in [-0.15, -0.1) is 11.3 Å². The van der Waals surface area contributed by atoms with Crippen molar-refractivity contribution in [2.45, 2.75) is 33.7 Å². The molecule has 0 aliphatic rings. The molecular weight excluding hydrogens is 218 g/mol. The molecule has 0 saturated heterocycles. The monoisotopic (exact) mass is 239 g/mol. The number of aliphatic imine (C=N–C) groups is 1. The Labute approximate surface area is 102 Å². The molecule has 90 valence electrons. The van der Waals surface area contributed by atoms with Gasteiger partial charge >= 0.3 is 0 Å². The maximum Gasteiger partial charge on any atom is 0.188 e. The van der Waals surface area contributed by atoms with Gasteiger partial charge in [0.2, 0.25) is 0 Å². The predicted octanol–water partition coefficient (Wildman–Crippen LogP) is 2.37. The molecule has 0 aliphatic heterocycles. The van der Waals surface area contributed by atoms with Gasteiger partial charge in [0.1, 0.15) is 0 Å². The Morgan fingerprint density at radius 3 is 2.94 bits per heavy atom. The summed E-state index contributed by atoms with van der Waals surface area (Å²) in [5.74, 6) is 1.13. The molecule has 1 aromatic heterocycles. The lowest BCUT2D eigenvalue weighted by Gasteiger charge is -2.07. The van der Waals surface area contributed by atoms with E-state index in [1.54, 1.807) is 11.3 Å². The lowest BCUT2D eigenvalue weighted by atomic mass is 10.2. The fourth-order valence-electron chi connectivity index (χ4n) is 1.34. The number of nitrogens with two attached hydrogens (primary N) is 1.